The number of benzene rings is 3. The number of aryl methyl sites for hydroxylation is 2. The summed E-state index contributed by atoms with van der Waals surface area (Å²) in [5.41, 5.74) is 4.24. The molecule has 0 atom stereocenters. The molecule has 3 aromatic carbocycles. The minimum atomic E-state index is -0.472. The normalized spacial score (nSPS) is 24.0. The summed E-state index contributed by atoms with van der Waals surface area (Å²) in [6, 6.07) is 20.1. The first-order valence-corrected chi connectivity index (χ1v) is 14.8. The zero-order valence-electron chi connectivity index (χ0n) is 23.9. The number of hydrogen-bond acceptors (Lipinski definition) is 5. The molecule has 0 spiro atoms. The molecule has 1 heterocycles. The maximum absolute atomic E-state index is 14.0. The van der Waals surface area contributed by atoms with Gasteiger partial charge in [0.05, 0.1) is 33.6 Å². The summed E-state index contributed by atoms with van der Waals surface area (Å²) < 4.78 is 7.90. The van der Waals surface area contributed by atoms with E-state index in [-0.39, 0.29) is 22.8 Å². The average molecular weight is 563 g/mol. The first kappa shape index (κ1) is 26.4. The lowest BCUT2D eigenvalue weighted by Crippen LogP contribution is -2.49. The molecule has 0 aliphatic heterocycles. The number of nitrogens with one attached hydrogen (secondary N) is 1. The fraction of sp³-hybridized carbons (Fsp3) is 0.353. The quantitative estimate of drug-likeness (QED) is 0.182. The van der Waals surface area contributed by atoms with E-state index in [0.717, 1.165) is 41.8 Å². The maximum atomic E-state index is 14.0. The van der Waals surface area contributed by atoms with Crippen LogP contribution >= 0.6 is 0 Å². The highest BCUT2D eigenvalue weighted by Gasteiger charge is 2.54. The van der Waals surface area contributed by atoms with Crippen LogP contribution in [0.25, 0.3) is 5.69 Å². The summed E-state index contributed by atoms with van der Waals surface area (Å²) in [6.07, 6.45) is 8.88. The Balaban J connectivity index is 1.25. The number of carbonyl (C=O) groups is 1. The van der Waals surface area contributed by atoms with Crippen LogP contribution in [0.4, 0.5) is 11.4 Å². The van der Waals surface area contributed by atoms with E-state index < -0.39 is 4.92 Å². The number of amides is 1. The zero-order chi connectivity index (χ0) is 29.0. The first-order chi connectivity index (χ1) is 20.2. The van der Waals surface area contributed by atoms with Gasteiger partial charge in [0.25, 0.3) is 11.6 Å². The van der Waals surface area contributed by atoms with E-state index in [0.29, 0.717) is 34.8 Å². The van der Waals surface area contributed by atoms with Gasteiger partial charge >= 0.3 is 0 Å². The highest BCUT2D eigenvalue weighted by atomic mass is 16.6. The third-order valence-electron chi connectivity index (χ3n) is 9.45. The van der Waals surface area contributed by atoms with Crippen molar-refractivity contribution in [3.8, 4) is 17.2 Å². The molecule has 1 aromatic heterocycles. The summed E-state index contributed by atoms with van der Waals surface area (Å²) in [7, 11) is 0. The zero-order valence-corrected chi connectivity index (χ0v) is 23.9. The summed E-state index contributed by atoms with van der Waals surface area (Å²) in [5.74, 6) is 2.65. The Kier molecular flexibility index (Phi) is 6.37. The van der Waals surface area contributed by atoms with Crippen LogP contribution < -0.4 is 10.1 Å². The molecule has 1 N–H and O–H groups in total. The molecule has 214 valence electrons. The van der Waals surface area contributed by atoms with Crippen molar-refractivity contribution in [1.82, 2.24) is 9.78 Å². The molecule has 1 amide bonds. The Labute approximate surface area is 244 Å². The second-order valence-electron chi connectivity index (χ2n) is 12.7. The van der Waals surface area contributed by atoms with Crippen LogP contribution in [0, 0.1) is 41.7 Å². The summed E-state index contributed by atoms with van der Waals surface area (Å²) in [4.78, 5) is 25.4. The van der Waals surface area contributed by atoms with Crippen LogP contribution in [0.2, 0.25) is 0 Å². The van der Waals surface area contributed by atoms with Crippen molar-refractivity contribution in [3.05, 3.63) is 105 Å². The van der Waals surface area contributed by atoms with E-state index in [9.17, 15) is 14.9 Å². The fourth-order valence-corrected chi connectivity index (χ4v) is 8.01. The van der Waals surface area contributed by atoms with E-state index in [2.05, 4.69) is 5.32 Å². The van der Waals surface area contributed by atoms with Crippen LogP contribution in [-0.2, 0) is 5.41 Å². The van der Waals surface area contributed by atoms with Crippen molar-refractivity contribution in [2.75, 3.05) is 5.32 Å². The Morgan fingerprint density at radius 1 is 0.976 bits per heavy atom. The fourth-order valence-electron chi connectivity index (χ4n) is 8.01. The SMILES string of the molecule is Cc1ccc(C)c(Oc2cc(NC(=O)c3cn(-c4ccccc4)nc3C34CC5CC(CC(C5)C3)C4)cc([N+](=O)[O-])c2)c1. The van der Waals surface area contributed by atoms with Gasteiger partial charge in [0.2, 0.25) is 0 Å². The molecule has 0 unspecified atom stereocenters. The predicted molar refractivity (Wildman–Crippen MR) is 160 cm³/mol. The molecule has 4 bridgehead atoms. The molecule has 8 nitrogen and oxygen atoms in total. The van der Waals surface area contributed by atoms with E-state index in [1.54, 1.807) is 6.07 Å². The summed E-state index contributed by atoms with van der Waals surface area (Å²) in [5, 5.41) is 19.9. The average Bonchev–Trinajstić information content (AvgIpc) is 3.42. The Hall–Kier alpha value is -4.46. The van der Waals surface area contributed by atoms with Crippen LogP contribution in [-0.4, -0.2) is 20.6 Å². The van der Waals surface area contributed by atoms with E-state index in [4.69, 9.17) is 9.84 Å². The number of rotatable bonds is 7. The number of nitrogens with zero attached hydrogens (tertiary/aromatic N) is 3. The van der Waals surface area contributed by atoms with Crippen molar-refractivity contribution < 1.29 is 14.5 Å². The Morgan fingerprint density at radius 3 is 2.33 bits per heavy atom. The molecule has 42 heavy (non-hydrogen) atoms. The third kappa shape index (κ3) is 4.85. The van der Waals surface area contributed by atoms with Gasteiger partial charge in [-0.3, -0.25) is 14.9 Å². The maximum Gasteiger partial charge on any atom is 0.275 e. The number of aromatic nitrogens is 2. The largest absolute Gasteiger partial charge is 0.457 e. The lowest BCUT2D eigenvalue weighted by Gasteiger charge is -2.56. The Morgan fingerprint density at radius 2 is 1.67 bits per heavy atom. The van der Waals surface area contributed by atoms with Crippen molar-refractivity contribution in [3.63, 3.8) is 0 Å². The van der Waals surface area contributed by atoms with Crippen molar-refractivity contribution in [2.24, 2.45) is 17.8 Å². The van der Waals surface area contributed by atoms with Crippen molar-refractivity contribution >= 4 is 17.3 Å². The van der Waals surface area contributed by atoms with Crippen LogP contribution in [0.3, 0.4) is 0 Å². The minimum Gasteiger partial charge on any atom is -0.457 e. The van der Waals surface area contributed by atoms with Crippen molar-refractivity contribution in [2.45, 2.75) is 57.8 Å². The number of nitro groups is 1. The van der Waals surface area contributed by atoms with E-state index in [1.807, 2.05) is 73.3 Å². The lowest BCUT2D eigenvalue weighted by molar-refractivity contribution is -0.384. The van der Waals surface area contributed by atoms with Gasteiger partial charge in [0.1, 0.15) is 11.5 Å². The van der Waals surface area contributed by atoms with Gasteiger partial charge in [-0.05, 0) is 99.5 Å². The second-order valence-corrected chi connectivity index (χ2v) is 12.7. The molecule has 4 aliphatic carbocycles. The molecule has 4 fully saturated rings. The van der Waals surface area contributed by atoms with Gasteiger partial charge in [0, 0.05) is 23.7 Å². The van der Waals surface area contributed by atoms with Gasteiger partial charge in [-0.1, -0.05) is 30.3 Å². The molecule has 4 aliphatic rings. The second kappa shape index (κ2) is 10.1. The van der Waals surface area contributed by atoms with Crippen LogP contribution in [0.5, 0.6) is 11.5 Å². The molecule has 0 radical (unpaired) electrons. The number of nitro benzene ring substituents is 1. The standard InChI is InChI=1S/C34H34N4O4/c1-21-8-9-22(2)31(10-21)42-29-15-26(14-28(16-29)38(40)41)35-33(39)30-20-37(27-6-4-3-5-7-27)36-32(30)34-17-23-11-24(18-34)13-25(12-23)19-34/h3-10,14-16,20,23-25H,11-13,17-19H2,1-2H3,(H,35,39). The number of ether oxygens (including phenoxy) is 1. The molecule has 4 aromatic rings. The smallest absolute Gasteiger partial charge is 0.275 e. The molecule has 8 heteroatoms. The number of non-ortho nitro benzene ring substituents is 1. The molecule has 0 saturated heterocycles. The van der Waals surface area contributed by atoms with Crippen molar-refractivity contribution in [1.29, 1.82) is 0 Å². The Bertz CT molecular complexity index is 1660. The number of anilines is 1. The number of para-hydroxylation sites is 1. The number of hydrogen-bond donors (Lipinski definition) is 1. The van der Waals surface area contributed by atoms with E-state index in [1.165, 1.54) is 31.4 Å². The van der Waals surface area contributed by atoms with Gasteiger partial charge in [-0.2, -0.15) is 5.10 Å². The van der Waals surface area contributed by atoms with Gasteiger partial charge in [-0.25, -0.2) is 4.68 Å². The number of carbonyl (C=O) groups excluding carboxylic acids is 1. The molecular weight excluding hydrogens is 528 g/mol. The topological polar surface area (TPSA) is 99.3 Å². The lowest BCUT2D eigenvalue weighted by atomic mass is 9.48. The predicted octanol–water partition coefficient (Wildman–Crippen LogP) is 7.91. The monoisotopic (exact) mass is 562 g/mol. The summed E-state index contributed by atoms with van der Waals surface area (Å²) >= 11 is 0. The third-order valence-corrected chi connectivity index (χ3v) is 9.45. The molecular formula is C34H34N4O4. The highest BCUT2D eigenvalue weighted by molar-refractivity contribution is 6.05. The van der Waals surface area contributed by atoms with Crippen LogP contribution in [0.1, 0.15) is 65.7 Å². The van der Waals surface area contributed by atoms with Gasteiger partial charge in [-0.15, -0.1) is 0 Å². The molecule has 4 saturated carbocycles. The van der Waals surface area contributed by atoms with Gasteiger partial charge in [0.15, 0.2) is 0 Å². The van der Waals surface area contributed by atoms with E-state index >= 15 is 0 Å². The summed E-state index contributed by atoms with van der Waals surface area (Å²) in [6.45, 7) is 3.88. The first-order valence-electron chi connectivity index (χ1n) is 14.8. The van der Waals surface area contributed by atoms with Crippen LogP contribution in [0.15, 0.2) is 72.9 Å². The molecule has 8 rings (SSSR count). The van der Waals surface area contributed by atoms with Gasteiger partial charge < -0.3 is 10.1 Å². The highest BCUT2D eigenvalue weighted by Crippen LogP contribution is 2.61. The minimum absolute atomic E-state index is 0.110.